The van der Waals surface area contributed by atoms with Crippen molar-refractivity contribution in [1.29, 1.82) is 0 Å². The summed E-state index contributed by atoms with van der Waals surface area (Å²) in [5.41, 5.74) is 2.49. The van der Waals surface area contributed by atoms with Crippen LogP contribution in [0, 0.1) is 0 Å². The minimum absolute atomic E-state index is 0.0833. The zero-order valence-corrected chi connectivity index (χ0v) is 21.1. The lowest BCUT2D eigenvalue weighted by Gasteiger charge is -2.23. The highest BCUT2D eigenvalue weighted by atomic mass is 32.1. The lowest BCUT2D eigenvalue weighted by molar-refractivity contribution is 0.104. The molecule has 5 rings (SSSR count). The molecule has 2 heterocycles. The quantitative estimate of drug-likeness (QED) is 0.209. The number of methoxy groups -OCH3 is 1. The molecule has 1 aliphatic rings. The van der Waals surface area contributed by atoms with Gasteiger partial charge in [-0.15, -0.1) is 11.3 Å². The number of ketones is 1. The first-order valence-corrected chi connectivity index (χ1v) is 13.2. The minimum atomic E-state index is -0.0833. The number of carbonyl (C=O) groups excluding carboxylic acids is 2. The third-order valence-electron chi connectivity index (χ3n) is 6.72. The molecule has 1 atom stereocenters. The molecule has 1 aliphatic heterocycles. The summed E-state index contributed by atoms with van der Waals surface area (Å²) in [7, 11) is 1.62. The summed E-state index contributed by atoms with van der Waals surface area (Å²) in [5, 5.41) is 4.39. The van der Waals surface area contributed by atoms with Crippen LogP contribution in [0.2, 0.25) is 0 Å². The summed E-state index contributed by atoms with van der Waals surface area (Å²) < 4.78 is 12.3. The van der Waals surface area contributed by atoms with E-state index in [0.29, 0.717) is 29.3 Å². The summed E-state index contributed by atoms with van der Waals surface area (Å²) in [6, 6.07) is 21.0. The average molecular weight is 500 g/mol. The smallest absolute Gasteiger partial charge is 0.195 e. The van der Waals surface area contributed by atoms with Crippen LogP contribution in [0.3, 0.4) is 0 Å². The fraction of sp³-hybridized carbons (Fsp3) is 0.267. The van der Waals surface area contributed by atoms with E-state index < -0.39 is 0 Å². The maximum Gasteiger partial charge on any atom is 0.195 e. The molecule has 0 bridgehead atoms. The van der Waals surface area contributed by atoms with Crippen molar-refractivity contribution >= 4 is 33.5 Å². The summed E-state index contributed by atoms with van der Waals surface area (Å²) in [5.74, 6) is 1.40. The molecule has 0 saturated carbocycles. The molecule has 1 aromatic heterocycles. The van der Waals surface area contributed by atoms with E-state index in [4.69, 9.17) is 9.47 Å². The van der Waals surface area contributed by atoms with Crippen LogP contribution in [-0.4, -0.2) is 38.4 Å². The molecule has 4 aromatic rings. The number of nitrogens with one attached hydrogen (secondary N) is 1. The number of thiophene rings is 1. The molecule has 184 valence electrons. The second kappa shape index (κ2) is 11.1. The Bertz CT molecular complexity index is 1370. The maximum atomic E-state index is 13.8. The second-order valence-corrected chi connectivity index (χ2v) is 10.1. The SMILES string of the molecule is COc1ccc2c(C(=O)c3ccc(OCCC4CCCCN4)cc3)c(-c3ccccc3C=O)sc2c1. The van der Waals surface area contributed by atoms with Gasteiger partial charge < -0.3 is 14.8 Å². The zero-order chi connectivity index (χ0) is 24.9. The van der Waals surface area contributed by atoms with Crippen LogP contribution in [-0.2, 0) is 0 Å². The Labute approximate surface area is 215 Å². The molecule has 5 nitrogen and oxygen atoms in total. The number of aldehydes is 1. The van der Waals surface area contributed by atoms with Crippen LogP contribution >= 0.6 is 11.3 Å². The molecule has 6 heteroatoms. The third-order valence-corrected chi connectivity index (χ3v) is 7.91. The Morgan fingerprint density at radius 3 is 2.61 bits per heavy atom. The van der Waals surface area contributed by atoms with Crippen molar-refractivity contribution in [2.24, 2.45) is 0 Å². The highest BCUT2D eigenvalue weighted by Gasteiger charge is 2.23. The number of benzene rings is 3. The van der Waals surface area contributed by atoms with Crippen LogP contribution in [0.15, 0.2) is 66.7 Å². The first kappa shape index (κ1) is 24.2. The summed E-state index contributed by atoms with van der Waals surface area (Å²) in [4.78, 5) is 26.4. The van der Waals surface area contributed by atoms with Gasteiger partial charge in [0.1, 0.15) is 11.5 Å². The van der Waals surface area contributed by atoms with Gasteiger partial charge >= 0.3 is 0 Å². The normalized spacial score (nSPS) is 15.5. The molecule has 36 heavy (non-hydrogen) atoms. The van der Waals surface area contributed by atoms with Crippen molar-refractivity contribution < 1.29 is 19.1 Å². The van der Waals surface area contributed by atoms with Crippen LogP contribution in [0.1, 0.15) is 52.0 Å². The summed E-state index contributed by atoms with van der Waals surface area (Å²) >= 11 is 1.50. The topological polar surface area (TPSA) is 64.6 Å². The third kappa shape index (κ3) is 5.06. The van der Waals surface area contributed by atoms with Crippen molar-refractivity contribution in [3.63, 3.8) is 0 Å². The molecule has 0 amide bonds. The van der Waals surface area contributed by atoms with Crippen molar-refractivity contribution in [1.82, 2.24) is 5.32 Å². The lowest BCUT2D eigenvalue weighted by atomic mass is 9.96. The van der Waals surface area contributed by atoms with E-state index in [1.807, 2.05) is 60.7 Å². The Morgan fingerprint density at radius 1 is 1.06 bits per heavy atom. The Balaban J connectivity index is 1.43. The molecule has 0 spiro atoms. The van der Waals surface area contributed by atoms with E-state index in [1.54, 1.807) is 13.2 Å². The summed E-state index contributed by atoms with van der Waals surface area (Å²) in [6.07, 6.45) is 5.54. The molecular weight excluding hydrogens is 470 g/mol. The van der Waals surface area contributed by atoms with Gasteiger partial charge in [-0.2, -0.15) is 0 Å². The Hall–Kier alpha value is -3.48. The van der Waals surface area contributed by atoms with Gasteiger partial charge in [0.15, 0.2) is 12.1 Å². The van der Waals surface area contributed by atoms with Gasteiger partial charge in [0.05, 0.1) is 13.7 Å². The number of rotatable bonds is 9. The molecule has 0 radical (unpaired) electrons. The zero-order valence-electron chi connectivity index (χ0n) is 20.3. The van der Waals surface area contributed by atoms with E-state index in [1.165, 1.54) is 30.6 Å². The predicted molar refractivity (Wildman–Crippen MR) is 145 cm³/mol. The van der Waals surface area contributed by atoms with E-state index >= 15 is 0 Å². The molecule has 1 unspecified atom stereocenters. The molecular formula is C30H29NO4S. The van der Waals surface area contributed by atoms with Crippen molar-refractivity contribution in [3.8, 4) is 21.9 Å². The van der Waals surface area contributed by atoms with Gasteiger partial charge in [0.2, 0.25) is 0 Å². The Kier molecular flexibility index (Phi) is 7.44. The van der Waals surface area contributed by atoms with Crippen molar-refractivity contribution in [3.05, 3.63) is 83.4 Å². The largest absolute Gasteiger partial charge is 0.497 e. The lowest BCUT2D eigenvalue weighted by Crippen LogP contribution is -2.35. The molecule has 0 aliphatic carbocycles. The van der Waals surface area contributed by atoms with E-state index in [2.05, 4.69) is 5.32 Å². The van der Waals surface area contributed by atoms with Gasteiger partial charge in [0, 0.05) is 43.3 Å². The Morgan fingerprint density at radius 2 is 1.86 bits per heavy atom. The fourth-order valence-electron chi connectivity index (χ4n) is 4.76. The van der Waals surface area contributed by atoms with Gasteiger partial charge in [-0.3, -0.25) is 9.59 Å². The van der Waals surface area contributed by atoms with Crippen molar-refractivity contribution in [2.45, 2.75) is 31.7 Å². The van der Waals surface area contributed by atoms with Crippen LogP contribution in [0.5, 0.6) is 11.5 Å². The van der Waals surface area contributed by atoms with E-state index in [-0.39, 0.29) is 5.78 Å². The number of piperidine rings is 1. The molecule has 1 saturated heterocycles. The molecule has 1 fully saturated rings. The van der Waals surface area contributed by atoms with Crippen LogP contribution in [0.4, 0.5) is 0 Å². The second-order valence-electron chi connectivity index (χ2n) is 9.01. The molecule has 3 aromatic carbocycles. The van der Waals surface area contributed by atoms with Gasteiger partial charge in [-0.25, -0.2) is 0 Å². The number of hydrogen-bond acceptors (Lipinski definition) is 6. The average Bonchev–Trinajstić information content (AvgIpc) is 3.32. The van der Waals surface area contributed by atoms with Gasteiger partial charge in [-0.05, 0) is 68.3 Å². The number of ether oxygens (including phenoxy) is 2. The van der Waals surface area contributed by atoms with E-state index in [0.717, 1.165) is 51.3 Å². The first-order valence-electron chi connectivity index (χ1n) is 12.3. The van der Waals surface area contributed by atoms with Crippen molar-refractivity contribution in [2.75, 3.05) is 20.3 Å². The van der Waals surface area contributed by atoms with Crippen LogP contribution in [0.25, 0.3) is 20.5 Å². The maximum absolute atomic E-state index is 13.8. The van der Waals surface area contributed by atoms with Crippen LogP contribution < -0.4 is 14.8 Å². The standard InChI is InChI=1S/C30H29NO4S/c1-34-24-13-14-26-27(18-24)36-30(25-8-3-2-6-21(25)19-32)28(26)29(33)20-9-11-23(12-10-20)35-17-15-22-7-4-5-16-31-22/h2-3,6,8-14,18-19,22,31H,4-5,7,15-17H2,1H3. The number of carbonyl (C=O) groups is 2. The highest BCUT2D eigenvalue weighted by molar-refractivity contribution is 7.22. The number of fused-ring (bicyclic) bond motifs is 1. The summed E-state index contributed by atoms with van der Waals surface area (Å²) in [6.45, 7) is 1.74. The monoisotopic (exact) mass is 499 g/mol. The predicted octanol–water partition coefficient (Wildman–Crippen LogP) is 6.53. The number of hydrogen-bond donors (Lipinski definition) is 1. The van der Waals surface area contributed by atoms with Gasteiger partial charge in [0.25, 0.3) is 0 Å². The fourth-order valence-corrected chi connectivity index (χ4v) is 6.04. The first-order chi connectivity index (χ1) is 17.7. The van der Waals surface area contributed by atoms with E-state index in [9.17, 15) is 9.59 Å². The minimum Gasteiger partial charge on any atom is -0.497 e. The highest BCUT2D eigenvalue weighted by Crippen LogP contribution is 2.42. The molecule has 1 N–H and O–H groups in total. The van der Waals surface area contributed by atoms with Gasteiger partial charge in [-0.1, -0.05) is 30.7 Å².